The second-order valence-corrected chi connectivity index (χ2v) is 7.89. The molecule has 0 spiro atoms. The van der Waals surface area contributed by atoms with Crippen molar-refractivity contribution >= 4 is 49.2 Å². The first-order valence-electron chi connectivity index (χ1n) is 5.79. The Hall–Kier alpha value is -0.970. The second-order valence-electron chi connectivity index (χ2n) is 3.84. The first-order chi connectivity index (χ1) is 9.72. The molecule has 1 aromatic rings. The van der Waals surface area contributed by atoms with Crippen LogP contribution in [0.5, 0.6) is 0 Å². The van der Waals surface area contributed by atoms with E-state index in [1.807, 2.05) is 0 Å². The number of ether oxygens (including phenoxy) is 2. The van der Waals surface area contributed by atoms with Crippen molar-refractivity contribution in [3.63, 3.8) is 0 Å². The minimum Gasteiger partial charge on any atom is -0.465 e. The highest BCUT2D eigenvalue weighted by molar-refractivity contribution is 9.11. The Kier molecular flexibility index (Phi) is 6.32. The fourth-order valence-electron chi connectivity index (χ4n) is 1.35. The Bertz CT molecular complexity index is 639. The van der Waals surface area contributed by atoms with Gasteiger partial charge in [0.2, 0.25) is 10.0 Å². The van der Waals surface area contributed by atoms with E-state index < -0.39 is 28.0 Å². The Morgan fingerprint density at radius 2 is 2.10 bits per heavy atom. The number of methoxy groups -OCH3 is 1. The Balaban J connectivity index is 3.01. The molecule has 0 radical (unpaired) electrons. The quantitative estimate of drug-likeness (QED) is 0.728. The lowest BCUT2D eigenvalue weighted by Crippen LogP contribution is -2.39. The van der Waals surface area contributed by atoms with Gasteiger partial charge in [-0.25, -0.2) is 13.2 Å². The maximum atomic E-state index is 12.2. The Morgan fingerprint density at radius 3 is 2.62 bits per heavy atom. The molecule has 0 fully saturated rings. The average Bonchev–Trinajstić information content (AvgIpc) is 2.80. The van der Waals surface area contributed by atoms with Crippen LogP contribution in [0.15, 0.2) is 14.7 Å². The Labute approximate surface area is 134 Å². The molecule has 0 aliphatic carbocycles. The highest BCUT2D eigenvalue weighted by atomic mass is 79.9. The smallest absolute Gasteiger partial charge is 0.348 e. The maximum Gasteiger partial charge on any atom is 0.348 e. The highest BCUT2D eigenvalue weighted by Crippen LogP contribution is 2.32. The van der Waals surface area contributed by atoms with Gasteiger partial charge in [-0.15, -0.1) is 11.3 Å². The van der Waals surface area contributed by atoms with Crippen molar-refractivity contribution in [1.29, 1.82) is 0 Å². The number of carbonyl (C=O) groups is 2. The lowest BCUT2D eigenvalue weighted by Gasteiger charge is -2.12. The summed E-state index contributed by atoms with van der Waals surface area (Å²) < 4.78 is 36.1. The van der Waals surface area contributed by atoms with E-state index in [4.69, 9.17) is 4.74 Å². The third-order valence-electron chi connectivity index (χ3n) is 2.30. The third kappa shape index (κ3) is 4.50. The van der Waals surface area contributed by atoms with E-state index in [0.717, 1.165) is 11.3 Å². The zero-order valence-electron chi connectivity index (χ0n) is 11.5. The van der Waals surface area contributed by atoms with Crippen molar-refractivity contribution in [2.45, 2.75) is 24.8 Å². The lowest BCUT2D eigenvalue weighted by atomic mass is 10.4. The molecule has 118 valence electrons. The average molecular weight is 400 g/mol. The van der Waals surface area contributed by atoms with Crippen molar-refractivity contribution in [3.8, 4) is 0 Å². The van der Waals surface area contributed by atoms with Crippen LogP contribution in [0.1, 0.15) is 23.5 Å². The summed E-state index contributed by atoms with van der Waals surface area (Å²) in [5, 5.41) is 0. The number of carbonyl (C=O) groups excluding carboxylic acids is 2. The lowest BCUT2D eigenvalue weighted by molar-refractivity contribution is -0.144. The molecule has 1 atom stereocenters. The third-order valence-corrected chi connectivity index (χ3v) is 6.08. The summed E-state index contributed by atoms with van der Waals surface area (Å²) in [7, 11) is -2.77. The molecule has 0 saturated heterocycles. The van der Waals surface area contributed by atoms with Crippen LogP contribution in [0.4, 0.5) is 0 Å². The van der Waals surface area contributed by atoms with Gasteiger partial charge in [0.15, 0.2) is 0 Å². The topological polar surface area (TPSA) is 98.8 Å². The van der Waals surface area contributed by atoms with Gasteiger partial charge in [-0.2, -0.15) is 4.72 Å². The number of nitrogens with one attached hydrogen (secondary N) is 1. The van der Waals surface area contributed by atoms with Gasteiger partial charge >= 0.3 is 11.9 Å². The molecular weight excluding hydrogens is 386 g/mol. The first kappa shape index (κ1) is 18.1. The Morgan fingerprint density at radius 1 is 1.48 bits per heavy atom. The molecule has 0 saturated carbocycles. The largest absolute Gasteiger partial charge is 0.465 e. The maximum absolute atomic E-state index is 12.2. The number of rotatable bonds is 6. The molecule has 10 heteroatoms. The number of halogens is 1. The summed E-state index contributed by atoms with van der Waals surface area (Å²) in [5.41, 5.74) is 0. The molecule has 1 unspecified atom stereocenters. The van der Waals surface area contributed by atoms with E-state index in [-0.39, 0.29) is 20.2 Å². The van der Waals surface area contributed by atoms with Crippen LogP contribution in [0.25, 0.3) is 0 Å². The molecule has 0 aromatic carbocycles. The highest BCUT2D eigenvalue weighted by Gasteiger charge is 2.27. The van der Waals surface area contributed by atoms with Crippen LogP contribution < -0.4 is 4.72 Å². The predicted molar refractivity (Wildman–Crippen MR) is 79.8 cm³/mol. The van der Waals surface area contributed by atoms with Crippen LogP contribution in [0.3, 0.4) is 0 Å². The van der Waals surface area contributed by atoms with Crippen LogP contribution in [0, 0.1) is 0 Å². The zero-order chi connectivity index (χ0) is 16.2. The molecule has 0 aliphatic heterocycles. The van der Waals surface area contributed by atoms with Crippen molar-refractivity contribution in [2.24, 2.45) is 0 Å². The molecule has 21 heavy (non-hydrogen) atoms. The van der Waals surface area contributed by atoms with Gasteiger partial charge in [-0.05, 0) is 35.8 Å². The molecule has 0 amide bonds. The van der Waals surface area contributed by atoms with Crippen LogP contribution in [0.2, 0.25) is 0 Å². The van der Waals surface area contributed by atoms with E-state index in [2.05, 4.69) is 25.4 Å². The van der Waals surface area contributed by atoms with E-state index in [9.17, 15) is 18.0 Å². The van der Waals surface area contributed by atoms with Crippen molar-refractivity contribution in [3.05, 3.63) is 14.7 Å². The standard InChI is InChI=1S/C11H14BrNO6S2/c1-4-19-10(14)6(2)13-21(16,17)8-5-7(11(15)18-3)20-9(8)12/h5-6,13H,4H2,1-3H3. The number of hydrogen-bond acceptors (Lipinski definition) is 7. The SMILES string of the molecule is CCOC(=O)C(C)NS(=O)(=O)c1cc(C(=O)OC)sc1Br. The van der Waals surface area contributed by atoms with Gasteiger partial charge in [0.25, 0.3) is 0 Å². The number of hydrogen-bond donors (Lipinski definition) is 1. The first-order valence-corrected chi connectivity index (χ1v) is 8.88. The zero-order valence-corrected chi connectivity index (χ0v) is 14.7. The summed E-state index contributed by atoms with van der Waals surface area (Å²) in [4.78, 5) is 22.9. The number of thiophene rings is 1. The fourth-order valence-corrected chi connectivity index (χ4v) is 5.02. The molecule has 1 heterocycles. The van der Waals surface area contributed by atoms with Gasteiger partial charge in [0.1, 0.15) is 15.8 Å². The van der Waals surface area contributed by atoms with Crippen LogP contribution in [-0.4, -0.2) is 40.1 Å². The van der Waals surface area contributed by atoms with E-state index in [0.29, 0.717) is 0 Å². The molecule has 0 bridgehead atoms. The fraction of sp³-hybridized carbons (Fsp3) is 0.455. The molecule has 7 nitrogen and oxygen atoms in total. The van der Waals surface area contributed by atoms with Gasteiger partial charge in [0.05, 0.1) is 17.5 Å². The summed E-state index contributed by atoms with van der Waals surface area (Å²) in [6.07, 6.45) is 0. The van der Waals surface area contributed by atoms with Crippen LogP contribution >= 0.6 is 27.3 Å². The van der Waals surface area contributed by atoms with E-state index >= 15 is 0 Å². The van der Waals surface area contributed by atoms with Crippen molar-refractivity contribution in [2.75, 3.05) is 13.7 Å². The second kappa shape index (κ2) is 7.34. The summed E-state index contributed by atoms with van der Waals surface area (Å²) in [6, 6.07) is 0.143. The minimum atomic E-state index is -3.97. The number of sulfonamides is 1. The monoisotopic (exact) mass is 399 g/mol. The molecule has 0 aliphatic rings. The molecule has 1 aromatic heterocycles. The molecule has 1 rings (SSSR count). The molecular formula is C11H14BrNO6S2. The van der Waals surface area contributed by atoms with Gasteiger partial charge in [-0.3, -0.25) is 4.79 Å². The summed E-state index contributed by atoms with van der Waals surface area (Å²) in [5.74, 6) is -1.32. The van der Waals surface area contributed by atoms with Crippen LogP contribution in [-0.2, 0) is 24.3 Å². The van der Waals surface area contributed by atoms with Gasteiger partial charge < -0.3 is 9.47 Å². The van der Waals surface area contributed by atoms with Gasteiger partial charge in [0, 0.05) is 0 Å². The number of esters is 2. The van der Waals surface area contributed by atoms with Crippen molar-refractivity contribution < 1.29 is 27.5 Å². The predicted octanol–water partition coefficient (Wildman–Crippen LogP) is 1.53. The van der Waals surface area contributed by atoms with Crippen molar-refractivity contribution in [1.82, 2.24) is 4.72 Å². The minimum absolute atomic E-state index is 0.133. The molecule has 1 N–H and O–H groups in total. The van der Waals surface area contributed by atoms with E-state index in [1.54, 1.807) is 6.92 Å². The summed E-state index contributed by atoms with van der Waals surface area (Å²) in [6.45, 7) is 3.15. The normalized spacial score (nSPS) is 12.8. The van der Waals surface area contributed by atoms with E-state index in [1.165, 1.54) is 20.1 Å². The van der Waals surface area contributed by atoms with Gasteiger partial charge in [-0.1, -0.05) is 0 Å². The summed E-state index contributed by atoms with van der Waals surface area (Å²) >= 11 is 4.01.